The number of carbonyl (C=O) groups excluding carboxylic acids is 1. The number of nitrogen functional groups attached to an aromatic ring is 1. The number of nitrogens with zero attached hydrogens (tertiary/aromatic N) is 2. The summed E-state index contributed by atoms with van der Waals surface area (Å²) in [6.45, 7) is 1.81. The quantitative estimate of drug-likeness (QED) is 0.867. The number of anilines is 1. The Balaban J connectivity index is 1.54. The number of amides is 1. The van der Waals surface area contributed by atoms with Crippen LogP contribution >= 0.6 is 0 Å². The lowest BCUT2D eigenvalue weighted by Crippen LogP contribution is -2.32. The highest BCUT2D eigenvalue weighted by Gasteiger charge is 2.39. The van der Waals surface area contributed by atoms with Crippen molar-refractivity contribution in [3.05, 3.63) is 48.3 Å². The van der Waals surface area contributed by atoms with Gasteiger partial charge in [-0.05, 0) is 48.4 Å². The number of nitrogens with two attached hydrogens (primary N) is 1. The number of hydrogen-bond donors (Lipinski definition) is 1. The minimum atomic E-state index is 0.149. The van der Waals surface area contributed by atoms with Crippen LogP contribution in [0.2, 0.25) is 0 Å². The van der Waals surface area contributed by atoms with Crippen molar-refractivity contribution in [1.82, 2.24) is 9.88 Å². The van der Waals surface area contributed by atoms with E-state index in [1.807, 2.05) is 24.3 Å². The van der Waals surface area contributed by atoms with Crippen molar-refractivity contribution in [3.8, 4) is 11.1 Å². The fourth-order valence-corrected chi connectivity index (χ4v) is 4.64. The maximum absolute atomic E-state index is 13.1. The molecule has 2 fully saturated rings. The van der Waals surface area contributed by atoms with Crippen molar-refractivity contribution in [3.63, 3.8) is 0 Å². The summed E-state index contributed by atoms with van der Waals surface area (Å²) in [6.07, 6.45) is 12.5. The number of rotatable bonds is 2. The summed E-state index contributed by atoms with van der Waals surface area (Å²) in [5.41, 5.74) is 9.70. The lowest BCUT2D eigenvalue weighted by molar-refractivity contribution is 0.0767. The summed E-state index contributed by atoms with van der Waals surface area (Å²) < 4.78 is 0. The number of hydrogen-bond acceptors (Lipinski definition) is 3. The minimum Gasteiger partial charge on any atom is -0.398 e. The van der Waals surface area contributed by atoms with Gasteiger partial charge in [0.15, 0.2) is 0 Å². The number of pyridine rings is 1. The van der Waals surface area contributed by atoms with E-state index >= 15 is 0 Å². The monoisotopic (exact) mass is 349 g/mol. The van der Waals surface area contributed by atoms with Gasteiger partial charge in [-0.1, -0.05) is 37.8 Å². The summed E-state index contributed by atoms with van der Waals surface area (Å²) in [6, 6.07) is 9.58. The average molecular weight is 349 g/mol. The second kappa shape index (κ2) is 7.10. The van der Waals surface area contributed by atoms with Crippen molar-refractivity contribution in [2.75, 3.05) is 18.8 Å². The molecule has 4 nitrogen and oxygen atoms in total. The fraction of sp³-hybridized carbons (Fsp3) is 0.455. The molecule has 26 heavy (non-hydrogen) atoms. The van der Waals surface area contributed by atoms with E-state index in [1.165, 1.54) is 38.5 Å². The second-order valence-corrected chi connectivity index (χ2v) is 7.93. The maximum atomic E-state index is 13.1. The van der Waals surface area contributed by atoms with Crippen molar-refractivity contribution < 1.29 is 4.79 Å². The van der Waals surface area contributed by atoms with Gasteiger partial charge in [-0.15, -0.1) is 0 Å². The summed E-state index contributed by atoms with van der Waals surface area (Å²) in [5.74, 6) is 0.149. The standard InChI is InChI=1S/C22H27N3O/c23-20-8-12-24-15-19(20)17-6-5-7-18(14-17)21(26)25-13-11-22(16-25)9-3-1-2-4-10-22/h5-8,12,14-15H,1-4,9-11,13,16H2,(H2,23,24). The largest absolute Gasteiger partial charge is 0.398 e. The predicted octanol–water partition coefficient (Wildman–Crippen LogP) is 4.52. The van der Waals surface area contributed by atoms with Gasteiger partial charge in [0.05, 0.1) is 0 Å². The van der Waals surface area contributed by atoms with Crippen LogP contribution in [0.25, 0.3) is 11.1 Å². The number of likely N-dealkylation sites (tertiary alicyclic amines) is 1. The molecule has 0 bridgehead atoms. The third-order valence-corrected chi connectivity index (χ3v) is 6.17. The lowest BCUT2D eigenvalue weighted by Gasteiger charge is -2.27. The zero-order valence-corrected chi connectivity index (χ0v) is 15.3. The molecule has 0 radical (unpaired) electrons. The van der Waals surface area contributed by atoms with Gasteiger partial charge in [-0.25, -0.2) is 0 Å². The van der Waals surface area contributed by atoms with Gasteiger partial charge in [0.1, 0.15) is 0 Å². The van der Waals surface area contributed by atoms with Crippen LogP contribution in [0.4, 0.5) is 5.69 Å². The molecule has 1 amide bonds. The van der Waals surface area contributed by atoms with Gasteiger partial charge in [-0.2, -0.15) is 0 Å². The number of benzene rings is 1. The van der Waals surface area contributed by atoms with Crippen LogP contribution in [-0.4, -0.2) is 28.9 Å². The van der Waals surface area contributed by atoms with E-state index in [9.17, 15) is 4.79 Å². The van der Waals surface area contributed by atoms with Crippen molar-refractivity contribution >= 4 is 11.6 Å². The summed E-state index contributed by atoms with van der Waals surface area (Å²) in [5, 5.41) is 0. The first-order valence-corrected chi connectivity index (χ1v) is 9.76. The SMILES string of the molecule is Nc1ccncc1-c1cccc(C(=O)N2CCC3(CCCCCC3)C2)c1. The molecule has 4 rings (SSSR count). The van der Waals surface area contributed by atoms with Gasteiger partial charge >= 0.3 is 0 Å². The molecule has 2 heterocycles. The highest BCUT2D eigenvalue weighted by Crippen LogP contribution is 2.43. The van der Waals surface area contributed by atoms with Crippen LogP contribution in [0.1, 0.15) is 55.3 Å². The third-order valence-electron chi connectivity index (χ3n) is 6.17. The summed E-state index contributed by atoms with van der Waals surface area (Å²) >= 11 is 0. The van der Waals surface area contributed by atoms with Crippen LogP contribution in [0.15, 0.2) is 42.7 Å². The minimum absolute atomic E-state index is 0.149. The first-order chi connectivity index (χ1) is 12.7. The smallest absolute Gasteiger partial charge is 0.253 e. The normalized spacial score (nSPS) is 19.5. The summed E-state index contributed by atoms with van der Waals surface area (Å²) in [4.78, 5) is 19.3. The second-order valence-electron chi connectivity index (χ2n) is 7.93. The molecule has 1 aromatic heterocycles. The number of carbonyl (C=O) groups is 1. The van der Waals surface area contributed by atoms with Gasteiger partial charge < -0.3 is 10.6 Å². The van der Waals surface area contributed by atoms with Crippen molar-refractivity contribution in [2.24, 2.45) is 5.41 Å². The zero-order chi connectivity index (χ0) is 18.0. The van der Waals surface area contributed by atoms with E-state index in [-0.39, 0.29) is 5.91 Å². The molecule has 1 aromatic carbocycles. The average Bonchev–Trinajstić information content (AvgIpc) is 2.94. The molecule has 1 saturated carbocycles. The van der Waals surface area contributed by atoms with Gasteiger partial charge in [0.2, 0.25) is 0 Å². The highest BCUT2D eigenvalue weighted by atomic mass is 16.2. The molecule has 4 heteroatoms. The van der Waals surface area contributed by atoms with Crippen LogP contribution in [-0.2, 0) is 0 Å². The van der Waals surface area contributed by atoms with Crippen molar-refractivity contribution in [1.29, 1.82) is 0 Å². The Labute approximate surface area is 155 Å². The van der Waals surface area contributed by atoms with E-state index in [0.29, 0.717) is 11.1 Å². The van der Waals surface area contributed by atoms with Gasteiger partial charge in [-0.3, -0.25) is 9.78 Å². The maximum Gasteiger partial charge on any atom is 0.253 e. The van der Waals surface area contributed by atoms with Gasteiger partial charge in [0.25, 0.3) is 5.91 Å². The summed E-state index contributed by atoms with van der Waals surface area (Å²) in [7, 11) is 0. The molecule has 1 saturated heterocycles. The Morgan fingerprint density at radius 1 is 1.08 bits per heavy atom. The van der Waals surface area contributed by atoms with Gasteiger partial charge in [0, 0.05) is 42.3 Å². The Kier molecular flexibility index (Phi) is 4.66. The van der Waals surface area contributed by atoms with E-state index in [0.717, 1.165) is 36.2 Å². The van der Waals surface area contributed by atoms with Crippen LogP contribution in [0.5, 0.6) is 0 Å². The molecule has 2 N–H and O–H groups in total. The molecule has 0 unspecified atom stereocenters. The molecule has 2 aromatic rings. The topological polar surface area (TPSA) is 59.2 Å². The van der Waals surface area contributed by atoms with Crippen LogP contribution in [0, 0.1) is 5.41 Å². The van der Waals surface area contributed by atoms with E-state index in [1.54, 1.807) is 18.5 Å². The molecule has 1 aliphatic heterocycles. The Bertz CT molecular complexity index is 793. The molecule has 136 valence electrons. The third kappa shape index (κ3) is 3.33. The highest BCUT2D eigenvalue weighted by molar-refractivity contribution is 5.96. The lowest BCUT2D eigenvalue weighted by atomic mass is 9.80. The first kappa shape index (κ1) is 17.1. The van der Waals surface area contributed by atoms with E-state index in [4.69, 9.17) is 5.73 Å². The molecule has 2 aliphatic rings. The Morgan fingerprint density at radius 2 is 1.88 bits per heavy atom. The zero-order valence-electron chi connectivity index (χ0n) is 15.3. The molecule has 0 atom stereocenters. The first-order valence-electron chi connectivity index (χ1n) is 9.76. The molecule has 1 aliphatic carbocycles. The fourth-order valence-electron chi connectivity index (χ4n) is 4.64. The number of aromatic nitrogens is 1. The predicted molar refractivity (Wildman–Crippen MR) is 105 cm³/mol. The van der Waals surface area contributed by atoms with Crippen LogP contribution < -0.4 is 5.73 Å². The van der Waals surface area contributed by atoms with E-state index < -0.39 is 0 Å². The molecular formula is C22H27N3O. The Morgan fingerprint density at radius 3 is 2.65 bits per heavy atom. The molecule has 1 spiro atoms. The Hall–Kier alpha value is -2.36. The molecular weight excluding hydrogens is 322 g/mol. The van der Waals surface area contributed by atoms with Crippen molar-refractivity contribution in [2.45, 2.75) is 44.9 Å². The van der Waals surface area contributed by atoms with Crippen LogP contribution in [0.3, 0.4) is 0 Å². The van der Waals surface area contributed by atoms with E-state index in [2.05, 4.69) is 9.88 Å².